The standard InChI is InChI=1S/C12H10NO2/c1-14-9-5-6-12-10(8-9)11-4-2-3-7-13(11)15-12/h2-8H,1H3/q+1. The molecule has 0 saturated carbocycles. The number of pyridine rings is 1. The number of fused-ring (bicyclic) bond motifs is 3. The minimum Gasteiger partial charge on any atom is -0.497 e. The van der Waals surface area contributed by atoms with E-state index in [-0.39, 0.29) is 0 Å². The van der Waals surface area contributed by atoms with E-state index < -0.39 is 0 Å². The number of rotatable bonds is 1. The molecule has 3 nitrogen and oxygen atoms in total. The minimum atomic E-state index is 0.842. The van der Waals surface area contributed by atoms with Gasteiger partial charge in [0.1, 0.15) is 11.1 Å². The zero-order valence-corrected chi connectivity index (χ0v) is 8.31. The van der Waals surface area contributed by atoms with Crippen LogP contribution in [0.5, 0.6) is 5.75 Å². The molecule has 2 aromatic heterocycles. The van der Waals surface area contributed by atoms with Crippen LogP contribution in [0.2, 0.25) is 0 Å². The van der Waals surface area contributed by atoms with Crippen LogP contribution >= 0.6 is 0 Å². The van der Waals surface area contributed by atoms with Gasteiger partial charge in [0.25, 0.3) is 5.52 Å². The number of aromatic nitrogens is 1. The Kier molecular flexibility index (Phi) is 1.65. The highest BCUT2D eigenvalue weighted by atomic mass is 16.5. The lowest BCUT2D eigenvalue weighted by atomic mass is 10.2. The highest BCUT2D eigenvalue weighted by molar-refractivity contribution is 5.90. The van der Waals surface area contributed by atoms with Gasteiger partial charge in [0.2, 0.25) is 11.8 Å². The smallest absolute Gasteiger partial charge is 0.269 e. The van der Waals surface area contributed by atoms with Crippen molar-refractivity contribution in [3.63, 3.8) is 0 Å². The molecule has 3 rings (SSSR count). The van der Waals surface area contributed by atoms with E-state index in [0.717, 1.165) is 22.2 Å². The van der Waals surface area contributed by atoms with Gasteiger partial charge in [0.05, 0.1) is 7.11 Å². The molecule has 0 fully saturated rings. The van der Waals surface area contributed by atoms with Crippen molar-refractivity contribution in [2.45, 2.75) is 0 Å². The van der Waals surface area contributed by atoms with Crippen LogP contribution in [0.4, 0.5) is 0 Å². The maximum Gasteiger partial charge on any atom is 0.269 e. The van der Waals surface area contributed by atoms with E-state index in [9.17, 15) is 0 Å². The summed E-state index contributed by atoms with van der Waals surface area (Å²) in [6, 6.07) is 11.7. The van der Waals surface area contributed by atoms with Crippen LogP contribution in [0.1, 0.15) is 0 Å². The summed E-state index contributed by atoms with van der Waals surface area (Å²) in [6.07, 6.45) is 1.89. The van der Waals surface area contributed by atoms with Crippen molar-refractivity contribution >= 4 is 16.5 Å². The fourth-order valence-corrected chi connectivity index (χ4v) is 1.74. The van der Waals surface area contributed by atoms with E-state index in [0.29, 0.717) is 0 Å². The van der Waals surface area contributed by atoms with E-state index in [1.54, 1.807) is 11.7 Å². The molecule has 0 spiro atoms. The van der Waals surface area contributed by atoms with Gasteiger partial charge in [0, 0.05) is 16.7 Å². The number of hydrogen-bond donors (Lipinski definition) is 0. The summed E-state index contributed by atoms with van der Waals surface area (Å²) in [4.78, 5) is 0. The Balaban J connectivity index is 2.46. The Morgan fingerprint density at radius 2 is 2.13 bits per heavy atom. The molecule has 1 aromatic carbocycles. The molecule has 15 heavy (non-hydrogen) atoms. The summed E-state index contributed by atoms with van der Waals surface area (Å²) in [5.74, 6) is 0.842. The molecule has 0 radical (unpaired) electrons. The Bertz CT molecular complexity index is 628. The number of methoxy groups -OCH3 is 1. The van der Waals surface area contributed by atoms with Crippen molar-refractivity contribution in [3.8, 4) is 5.75 Å². The zero-order valence-electron chi connectivity index (χ0n) is 8.31. The van der Waals surface area contributed by atoms with Gasteiger partial charge in [-0.1, -0.05) is 0 Å². The first-order valence-corrected chi connectivity index (χ1v) is 4.76. The van der Waals surface area contributed by atoms with Crippen LogP contribution in [0.25, 0.3) is 16.5 Å². The van der Waals surface area contributed by atoms with Gasteiger partial charge in [-0.05, 0) is 24.3 Å². The van der Waals surface area contributed by atoms with E-state index in [4.69, 9.17) is 9.26 Å². The molecule has 0 aliphatic rings. The molecule has 0 bridgehead atoms. The first-order chi connectivity index (χ1) is 7.38. The molecule has 0 N–H and O–H groups in total. The maximum atomic E-state index is 5.61. The second kappa shape index (κ2) is 2.98. The third kappa shape index (κ3) is 1.16. The summed E-state index contributed by atoms with van der Waals surface area (Å²) < 4.78 is 12.6. The molecule has 3 aromatic rings. The first-order valence-electron chi connectivity index (χ1n) is 4.76. The molecule has 3 heteroatoms. The lowest BCUT2D eigenvalue weighted by molar-refractivity contribution is -0.712. The van der Waals surface area contributed by atoms with Crippen LogP contribution in [0, 0.1) is 0 Å². The lowest BCUT2D eigenvalue weighted by Crippen LogP contribution is -2.15. The molecule has 0 atom stereocenters. The summed E-state index contributed by atoms with van der Waals surface area (Å²) in [5, 5.41) is 1.06. The van der Waals surface area contributed by atoms with Crippen LogP contribution in [-0.2, 0) is 0 Å². The first kappa shape index (κ1) is 8.29. The van der Waals surface area contributed by atoms with Crippen molar-refractivity contribution in [1.82, 2.24) is 0 Å². The fraction of sp³-hybridized carbons (Fsp3) is 0.0833. The Morgan fingerprint density at radius 1 is 1.20 bits per heavy atom. The highest BCUT2D eigenvalue weighted by Gasteiger charge is 2.14. The van der Waals surface area contributed by atoms with Crippen molar-refractivity contribution in [2.75, 3.05) is 7.11 Å². The number of nitrogens with zero attached hydrogens (tertiary/aromatic N) is 1. The predicted octanol–water partition coefficient (Wildman–Crippen LogP) is 2.18. The van der Waals surface area contributed by atoms with Gasteiger partial charge in [0.15, 0.2) is 0 Å². The van der Waals surface area contributed by atoms with Crippen LogP contribution in [0.15, 0.2) is 47.1 Å². The lowest BCUT2D eigenvalue weighted by Gasteiger charge is -1.95. The number of hydrogen-bond acceptors (Lipinski definition) is 2. The average molecular weight is 200 g/mol. The van der Waals surface area contributed by atoms with E-state index in [1.807, 2.05) is 42.6 Å². The van der Waals surface area contributed by atoms with Gasteiger partial charge < -0.3 is 4.74 Å². The zero-order chi connectivity index (χ0) is 10.3. The highest BCUT2D eigenvalue weighted by Crippen LogP contribution is 2.23. The normalized spacial score (nSPS) is 11.0. The molecular formula is C12H10NO2+. The summed E-state index contributed by atoms with van der Waals surface area (Å²) in [6.45, 7) is 0. The van der Waals surface area contributed by atoms with Gasteiger partial charge in [-0.25, -0.2) is 4.52 Å². The largest absolute Gasteiger partial charge is 0.497 e. The quantitative estimate of drug-likeness (QED) is 0.563. The van der Waals surface area contributed by atoms with Crippen molar-refractivity contribution < 1.29 is 13.8 Å². The van der Waals surface area contributed by atoms with Gasteiger partial charge in [-0.15, -0.1) is 0 Å². The summed E-state index contributed by atoms with van der Waals surface area (Å²) >= 11 is 0. The van der Waals surface area contributed by atoms with E-state index in [1.165, 1.54) is 0 Å². The van der Waals surface area contributed by atoms with Gasteiger partial charge in [-0.3, -0.25) is 0 Å². The topological polar surface area (TPSA) is 26.5 Å². The molecule has 0 aliphatic heterocycles. The molecule has 74 valence electrons. The Hall–Kier alpha value is -2.03. The van der Waals surface area contributed by atoms with E-state index >= 15 is 0 Å². The second-order valence-corrected chi connectivity index (χ2v) is 3.37. The average Bonchev–Trinajstić information content (AvgIpc) is 2.66. The minimum absolute atomic E-state index is 0.842. The van der Waals surface area contributed by atoms with Gasteiger partial charge in [-0.2, -0.15) is 0 Å². The van der Waals surface area contributed by atoms with Crippen LogP contribution < -0.4 is 9.31 Å². The Morgan fingerprint density at radius 3 is 3.00 bits per heavy atom. The molecule has 0 saturated heterocycles. The monoisotopic (exact) mass is 200 g/mol. The van der Waals surface area contributed by atoms with Crippen LogP contribution in [-0.4, -0.2) is 7.11 Å². The molecular weight excluding hydrogens is 190 g/mol. The SMILES string of the molecule is COc1ccc2o[n+]3ccccc3c2c1. The molecule has 2 heterocycles. The predicted molar refractivity (Wildman–Crippen MR) is 55.9 cm³/mol. The van der Waals surface area contributed by atoms with E-state index in [2.05, 4.69) is 0 Å². The molecule has 0 amide bonds. The molecule has 0 aliphatic carbocycles. The van der Waals surface area contributed by atoms with Crippen molar-refractivity contribution in [3.05, 3.63) is 42.6 Å². The maximum absolute atomic E-state index is 5.61. The third-order valence-corrected chi connectivity index (χ3v) is 2.48. The van der Waals surface area contributed by atoms with Crippen LogP contribution in [0.3, 0.4) is 0 Å². The fourth-order valence-electron chi connectivity index (χ4n) is 1.74. The molecule has 0 unspecified atom stereocenters. The number of ether oxygens (including phenoxy) is 1. The second-order valence-electron chi connectivity index (χ2n) is 3.37. The van der Waals surface area contributed by atoms with Gasteiger partial charge >= 0.3 is 0 Å². The third-order valence-electron chi connectivity index (χ3n) is 2.48. The van der Waals surface area contributed by atoms with Crippen molar-refractivity contribution in [1.29, 1.82) is 0 Å². The van der Waals surface area contributed by atoms with Crippen molar-refractivity contribution in [2.24, 2.45) is 0 Å². The number of benzene rings is 1. The summed E-state index contributed by atoms with van der Waals surface area (Å²) in [7, 11) is 1.66. The Labute approximate surface area is 86.5 Å². The summed E-state index contributed by atoms with van der Waals surface area (Å²) in [5.41, 5.74) is 1.91.